The number of hydrogen-bond donors (Lipinski definition) is 1. The smallest absolute Gasteiger partial charge is 0.240 e. The molecule has 1 rings (SSSR count). The molecule has 1 N–H and O–H groups in total. The van der Waals surface area contributed by atoms with Crippen LogP contribution < -0.4 is 5.43 Å². The van der Waals surface area contributed by atoms with E-state index in [1.54, 1.807) is 6.21 Å². The summed E-state index contributed by atoms with van der Waals surface area (Å²) in [5, 5.41) is 3.89. The summed E-state index contributed by atoms with van der Waals surface area (Å²) in [5.41, 5.74) is 3.65. The Balaban J connectivity index is 2.11. The highest BCUT2D eigenvalue weighted by Crippen LogP contribution is 2.04. The molecule has 0 bridgehead atoms. The van der Waals surface area contributed by atoms with E-state index < -0.39 is 0 Å². The fourth-order valence-electron chi connectivity index (χ4n) is 1.82. The molecule has 0 saturated carbocycles. The third-order valence-corrected chi connectivity index (χ3v) is 2.95. The maximum absolute atomic E-state index is 11.5. The number of amides is 1. The Labute approximate surface area is 121 Å². The summed E-state index contributed by atoms with van der Waals surface area (Å²) in [5.74, 6) is -0.00846. The number of benzene rings is 1. The average Bonchev–Trinajstić information content (AvgIpc) is 2.48. The van der Waals surface area contributed by atoms with Gasteiger partial charge in [0.25, 0.3) is 0 Å². The van der Waals surface area contributed by atoms with Gasteiger partial charge in [0.15, 0.2) is 0 Å². The minimum absolute atomic E-state index is 0.00846. The van der Waals surface area contributed by atoms with Gasteiger partial charge in [-0.3, -0.25) is 4.79 Å². The lowest BCUT2D eigenvalue weighted by Crippen LogP contribution is -2.16. The number of hydrazone groups is 1. The van der Waals surface area contributed by atoms with Gasteiger partial charge in [0, 0.05) is 12.6 Å². The lowest BCUT2D eigenvalue weighted by atomic mass is 10.1. The molecule has 1 amide bonds. The second kappa shape index (κ2) is 11.0. The minimum Gasteiger partial charge on any atom is -0.273 e. The van der Waals surface area contributed by atoms with E-state index in [2.05, 4.69) is 17.5 Å². The molecule has 0 aliphatic heterocycles. The predicted molar refractivity (Wildman–Crippen MR) is 85.5 cm³/mol. The molecule has 0 spiro atoms. The summed E-state index contributed by atoms with van der Waals surface area (Å²) in [6.45, 7) is 2.18. The first-order valence-electron chi connectivity index (χ1n) is 7.36. The fourth-order valence-corrected chi connectivity index (χ4v) is 1.82. The normalized spacial score (nSPS) is 11.2. The second-order valence-corrected chi connectivity index (χ2v) is 4.75. The van der Waals surface area contributed by atoms with E-state index >= 15 is 0 Å². The van der Waals surface area contributed by atoms with Crippen molar-refractivity contribution in [1.82, 2.24) is 5.43 Å². The molecule has 0 heterocycles. The summed E-state index contributed by atoms with van der Waals surface area (Å²) in [6, 6.07) is 9.97. The van der Waals surface area contributed by atoms with Crippen LogP contribution in [0.3, 0.4) is 0 Å². The Morgan fingerprint density at radius 3 is 2.65 bits per heavy atom. The van der Waals surface area contributed by atoms with E-state index in [1.165, 1.54) is 19.3 Å². The van der Waals surface area contributed by atoms with Crippen LogP contribution in [0.1, 0.15) is 51.0 Å². The number of carbonyl (C=O) groups excluding carboxylic acids is 1. The standard InChI is InChI=1S/C17H24N2O/c1-2-3-4-5-9-14-17(20)19-18-15-10-13-16-11-7-6-8-12-16/h6-8,10-13,15H,2-5,9,14H2,1H3,(H,19,20)/b13-10+,18-15?. The molecule has 20 heavy (non-hydrogen) atoms. The molecule has 3 heteroatoms. The van der Waals surface area contributed by atoms with Crippen LogP contribution in [-0.4, -0.2) is 12.1 Å². The highest BCUT2D eigenvalue weighted by atomic mass is 16.2. The van der Waals surface area contributed by atoms with E-state index in [1.807, 2.05) is 42.5 Å². The first-order valence-corrected chi connectivity index (χ1v) is 7.36. The van der Waals surface area contributed by atoms with Crippen molar-refractivity contribution in [1.29, 1.82) is 0 Å². The molecule has 0 radical (unpaired) electrons. The zero-order valence-corrected chi connectivity index (χ0v) is 12.2. The summed E-state index contributed by atoms with van der Waals surface area (Å²) in [7, 11) is 0. The van der Waals surface area contributed by atoms with Gasteiger partial charge in [0.05, 0.1) is 0 Å². The van der Waals surface area contributed by atoms with Gasteiger partial charge in [-0.05, 0) is 18.1 Å². The Kier molecular flexibility index (Phi) is 8.86. The number of carbonyl (C=O) groups is 1. The summed E-state index contributed by atoms with van der Waals surface area (Å²) < 4.78 is 0. The molecule has 0 aromatic heterocycles. The lowest BCUT2D eigenvalue weighted by molar-refractivity contribution is -0.121. The zero-order valence-electron chi connectivity index (χ0n) is 12.2. The Hall–Kier alpha value is -1.90. The van der Waals surface area contributed by atoms with Gasteiger partial charge in [0.1, 0.15) is 0 Å². The summed E-state index contributed by atoms with van der Waals surface area (Å²) in [4.78, 5) is 11.5. The summed E-state index contributed by atoms with van der Waals surface area (Å²) >= 11 is 0. The Bertz CT molecular complexity index is 424. The first-order chi connectivity index (χ1) is 9.83. The van der Waals surface area contributed by atoms with E-state index in [9.17, 15) is 4.79 Å². The van der Waals surface area contributed by atoms with Crippen molar-refractivity contribution in [2.45, 2.75) is 45.4 Å². The van der Waals surface area contributed by atoms with E-state index in [4.69, 9.17) is 0 Å². The quantitative estimate of drug-likeness (QED) is 0.409. The molecule has 0 aliphatic carbocycles. The molecule has 0 saturated heterocycles. The third-order valence-electron chi connectivity index (χ3n) is 2.95. The van der Waals surface area contributed by atoms with Gasteiger partial charge >= 0.3 is 0 Å². The van der Waals surface area contributed by atoms with Gasteiger partial charge < -0.3 is 0 Å². The molecular formula is C17H24N2O. The van der Waals surface area contributed by atoms with Crippen LogP contribution in [0.15, 0.2) is 41.5 Å². The SMILES string of the molecule is CCCCCCCC(=O)NN=C/C=C/c1ccccc1. The van der Waals surface area contributed by atoms with Crippen molar-refractivity contribution in [3.8, 4) is 0 Å². The minimum atomic E-state index is -0.00846. The van der Waals surface area contributed by atoms with Crippen molar-refractivity contribution >= 4 is 18.2 Å². The molecule has 0 unspecified atom stereocenters. The van der Waals surface area contributed by atoms with Gasteiger partial charge in [0.2, 0.25) is 5.91 Å². The number of nitrogens with zero attached hydrogens (tertiary/aromatic N) is 1. The molecule has 3 nitrogen and oxygen atoms in total. The van der Waals surface area contributed by atoms with Crippen LogP contribution in [0.4, 0.5) is 0 Å². The largest absolute Gasteiger partial charge is 0.273 e. The lowest BCUT2D eigenvalue weighted by Gasteiger charge is -1.99. The van der Waals surface area contributed by atoms with Crippen LogP contribution in [0, 0.1) is 0 Å². The van der Waals surface area contributed by atoms with Gasteiger partial charge in [-0.25, -0.2) is 5.43 Å². The topological polar surface area (TPSA) is 41.5 Å². The van der Waals surface area contributed by atoms with Crippen molar-refractivity contribution < 1.29 is 4.79 Å². The van der Waals surface area contributed by atoms with Crippen LogP contribution in [0.25, 0.3) is 6.08 Å². The third kappa shape index (κ3) is 8.25. The molecule has 1 aromatic rings. The molecule has 0 atom stereocenters. The molecule has 108 valence electrons. The molecule has 1 aromatic carbocycles. The Morgan fingerprint density at radius 2 is 1.90 bits per heavy atom. The first kappa shape index (κ1) is 16.2. The van der Waals surface area contributed by atoms with E-state index in [0.29, 0.717) is 6.42 Å². The van der Waals surface area contributed by atoms with E-state index in [-0.39, 0.29) is 5.91 Å². The molecular weight excluding hydrogens is 248 g/mol. The van der Waals surface area contributed by atoms with Gasteiger partial charge in [-0.2, -0.15) is 5.10 Å². The zero-order chi connectivity index (χ0) is 14.5. The maximum Gasteiger partial charge on any atom is 0.240 e. The fraction of sp³-hybridized carbons (Fsp3) is 0.412. The van der Waals surface area contributed by atoms with Crippen molar-refractivity contribution in [3.05, 3.63) is 42.0 Å². The van der Waals surface area contributed by atoms with Crippen molar-refractivity contribution in [2.75, 3.05) is 0 Å². The Morgan fingerprint density at radius 1 is 1.15 bits per heavy atom. The van der Waals surface area contributed by atoms with Crippen LogP contribution >= 0.6 is 0 Å². The number of allylic oxidation sites excluding steroid dienone is 1. The van der Waals surface area contributed by atoms with E-state index in [0.717, 1.165) is 18.4 Å². The highest BCUT2D eigenvalue weighted by Gasteiger charge is 1.98. The number of rotatable bonds is 9. The second-order valence-electron chi connectivity index (χ2n) is 4.75. The van der Waals surface area contributed by atoms with Gasteiger partial charge in [-0.1, -0.05) is 69.0 Å². The van der Waals surface area contributed by atoms with Crippen LogP contribution in [0.5, 0.6) is 0 Å². The monoisotopic (exact) mass is 272 g/mol. The van der Waals surface area contributed by atoms with Crippen molar-refractivity contribution in [3.63, 3.8) is 0 Å². The van der Waals surface area contributed by atoms with Crippen molar-refractivity contribution in [2.24, 2.45) is 5.10 Å². The highest BCUT2D eigenvalue weighted by molar-refractivity contribution is 5.81. The number of hydrogen-bond acceptors (Lipinski definition) is 2. The maximum atomic E-state index is 11.5. The predicted octanol–water partition coefficient (Wildman–Crippen LogP) is 4.16. The average molecular weight is 272 g/mol. The number of unbranched alkanes of at least 4 members (excludes halogenated alkanes) is 4. The van der Waals surface area contributed by atoms with Crippen LogP contribution in [0.2, 0.25) is 0 Å². The molecule has 0 fully saturated rings. The molecule has 0 aliphatic rings. The summed E-state index contributed by atoms with van der Waals surface area (Å²) in [6.07, 6.45) is 11.7. The number of nitrogens with one attached hydrogen (secondary N) is 1. The van der Waals surface area contributed by atoms with Crippen LogP contribution in [-0.2, 0) is 4.79 Å². The van der Waals surface area contributed by atoms with Gasteiger partial charge in [-0.15, -0.1) is 0 Å².